The predicted molar refractivity (Wildman–Crippen MR) is 227 cm³/mol. The van der Waals surface area contributed by atoms with Gasteiger partial charge >= 0.3 is 0 Å². The van der Waals surface area contributed by atoms with Gasteiger partial charge in [-0.25, -0.2) is 0 Å². The van der Waals surface area contributed by atoms with Crippen LogP contribution in [0.25, 0.3) is 85.9 Å². The third kappa shape index (κ3) is 4.78. The number of furan rings is 1. The quantitative estimate of drug-likeness (QED) is 0.178. The van der Waals surface area contributed by atoms with Gasteiger partial charge in [-0.15, -0.1) is 11.3 Å². The summed E-state index contributed by atoms with van der Waals surface area (Å²) in [6.07, 6.45) is 0. The Hall–Kier alpha value is -6.68. The lowest BCUT2D eigenvalue weighted by atomic mass is 9.97. The molecule has 2 heterocycles. The van der Waals surface area contributed by atoms with E-state index in [1.165, 1.54) is 53.2 Å². The Balaban J connectivity index is 1.19. The van der Waals surface area contributed by atoms with Gasteiger partial charge in [-0.1, -0.05) is 140 Å². The number of rotatable bonds is 5. The molecule has 2 aromatic heterocycles. The molecule has 0 N–H and O–H groups in total. The average molecular weight is 694 g/mol. The van der Waals surface area contributed by atoms with Crippen molar-refractivity contribution >= 4 is 92.1 Å². The van der Waals surface area contributed by atoms with Crippen LogP contribution in [-0.4, -0.2) is 0 Å². The summed E-state index contributed by atoms with van der Waals surface area (Å²) in [5.74, 6) is 0. The molecule has 9 aromatic carbocycles. The van der Waals surface area contributed by atoms with E-state index in [4.69, 9.17) is 4.42 Å². The standard InChI is InChI=1S/C50H31NOS/c1-2-11-32(12-3-1)33-21-25-37(26-22-33)51(38-27-23-35(24-28-38)40-19-10-15-34-13-4-6-16-39(34)40)44-31-36-14-5-7-17-41(36)49-47(44)48-45(52-49)30-29-43-42-18-8-9-20-46(42)53-50(43)48/h1-31H. The monoisotopic (exact) mass is 693 g/mol. The maximum absolute atomic E-state index is 6.91. The lowest BCUT2D eigenvalue weighted by molar-refractivity contribution is 0.673. The van der Waals surface area contributed by atoms with Crippen LogP contribution < -0.4 is 4.90 Å². The van der Waals surface area contributed by atoms with Crippen LogP contribution in [0, 0.1) is 0 Å². The summed E-state index contributed by atoms with van der Waals surface area (Å²) in [5.41, 5.74) is 9.87. The molecule has 0 saturated heterocycles. The van der Waals surface area contributed by atoms with Gasteiger partial charge in [-0.3, -0.25) is 0 Å². The zero-order valence-corrected chi connectivity index (χ0v) is 29.5. The topological polar surface area (TPSA) is 16.4 Å². The molecule has 0 amide bonds. The summed E-state index contributed by atoms with van der Waals surface area (Å²) < 4.78 is 9.44. The smallest absolute Gasteiger partial charge is 0.145 e. The van der Waals surface area contributed by atoms with E-state index in [2.05, 4.69) is 193 Å². The molecule has 248 valence electrons. The van der Waals surface area contributed by atoms with E-state index >= 15 is 0 Å². The number of hydrogen-bond acceptors (Lipinski definition) is 3. The van der Waals surface area contributed by atoms with Gasteiger partial charge in [0, 0.05) is 42.3 Å². The summed E-state index contributed by atoms with van der Waals surface area (Å²) in [4.78, 5) is 2.41. The first-order valence-corrected chi connectivity index (χ1v) is 18.8. The van der Waals surface area contributed by atoms with Crippen LogP contribution in [-0.2, 0) is 0 Å². The Morgan fingerprint density at radius 3 is 1.83 bits per heavy atom. The minimum atomic E-state index is 0.905. The first-order chi connectivity index (χ1) is 26.3. The van der Waals surface area contributed by atoms with Crippen molar-refractivity contribution in [3.05, 3.63) is 188 Å². The van der Waals surface area contributed by atoms with Gasteiger partial charge < -0.3 is 9.32 Å². The highest BCUT2D eigenvalue weighted by Crippen LogP contribution is 2.50. The van der Waals surface area contributed by atoms with E-state index < -0.39 is 0 Å². The minimum absolute atomic E-state index is 0.905. The molecule has 3 heteroatoms. The SMILES string of the molecule is c1ccc(-c2ccc(N(c3ccc(-c4cccc5ccccc45)cc3)c3cc4ccccc4c4oc5ccc6c7ccccc7sc6c5c34)cc2)cc1. The highest BCUT2D eigenvalue weighted by molar-refractivity contribution is 7.26. The first-order valence-electron chi connectivity index (χ1n) is 18.0. The normalized spacial score (nSPS) is 11.8. The molecule has 0 fully saturated rings. The van der Waals surface area contributed by atoms with Gasteiger partial charge in [0.25, 0.3) is 0 Å². The molecular formula is C50H31NOS. The van der Waals surface area contributed by atoms with Gasteiger partial charge in [0.15, 0.2) is 0 Å². The zero-order valence-electron chi connectivity index (χ0n) is 28.7. The molecule has 0 bridgehead atoms. The van der Waals surface area contributed by atoms with Crippen molar-refractivity contribution in [1.29, 1.82) is 0 Å². The number of benzene rings is 9. The number of nitrogens with zero attached hydrogens (tertiary/aromatic N) is 1. The highest BCUT2D eigenvalue weighted by Gasteiger charge is 2.24. The Labute approximate surface area is 310 Å². The fourth-order valence-corrected chi connectivity index (χ4v) is 9.40. The molecule has 0 unspecified atom stereocenters. The third-order valence-corrected chi connectivity index (χ3v) is 11.9. The van der Waals surface area contributed by atoms with Crippen molar-refractivity contribution in [2.45, 2.75) is 0 Å². The van der Waals surface area contributed by atoms with Crippen LogP contribution in [0.5, 0.6) is 0 Å². The molecule has 0 saturated carbocycles. The molecular weight excluding hydrogens is 663 g/mol. The van der Waals surface area contributed by atoms with E-state index in [1.54, 1.807) is 0 Å². The summed E-state index contributed by atoms with van der Waals surface area (Å²) in [6, 6.07) is 67.8. The summed E-state index contributed by atoms with van der Waals surface area (Å²) >= 11 is 1.85. The fourth-order valence-electron chi connectivity index (χ4n) is 8.15. The minimum Gasteiger partial charge on any atom is -0.455 e. The fraction of sp³-hybridized carbons (Fsp3) is 0. The van der Waals surface area contributed by atoms with E-state index in [-0.39, 0.29) is 0 Å². The van der Waals surface area contributed by atoms with Gasteiger partial charge in [0.1, 0.15) is 11.2 Å². The number of hydrogen-bond donors (Lipinski definition) is 0. The Morgan fingerprint density at radius 1 is 0.415 bits per heavy atom. The Kier molecular flexibility index (Phi) is 6.76. The van der Waals surface area contributed by atoms with Gasteiger partial charge in [-0.2, -0.15) is 0 Å². The number of anilines is 3. The van der Waals surface area contributed by atoms with Crippen molar-refractivity contribution in [3.63, 3.8) is 0 Å². The lowest BCUT2D eigenvalue weighted by Crippen LogP contribution is -2.10. The molecule has 0 atom stereocenters. The van der Waals surface area contributed by atoms with Gasteiger partial charge in [-0.05, 0) is 86.9 Å². The van der Waals surface area contributed by atoms with Crippen molar-refractivity contribution in [1.82, 2.24) is 0 Å². The second-order valence-electron chi connectivity index (χ2n) is 13.7. The Bertz CT molecular complexity index is 3150. The molecule has 0 radical (unpaired) electrons. The van der Waals surface area contributed by atoms with E-state index in [0.717, 1.165) is 49.8 Å². The van der Waals surface area contributed by atoms with Gasteiger partial charge in [0.05, 0.1) is 11.1 Å². The molecule has 11 rings (SSSR count). The molecule has 0 aliphatic carbocycles. The summed E-state index contributed by atoms with van der Waals surface area (Å²) in [7, 11) is 0. The molecule has 0 aliphatic heterocycles. The van der Waals surface area contributed by atoms with Crippen LogP contribution in [0.3, 0.4) is 0 Å². The maximum atomic E-state index is 6.91. The van der Waals surface area contributed by atoms with Crippen molar-refractivity contribution in [3.8, 4) is 22.3 Å². The summed E-state index contributed by atoms with van der Waals surface area (Å²) in [6.45, 7) is 0. The second-order valence-corrected chi connectivity index (χ2v) is 14.7. The first kappa shape index (κ1) is 30.0. The average Bonchev–Trinajstić information content (AvgIpc) is 3.81. The zero-order chi connectivity index (χ0) is 34.9. The number of thiophene rings is 1. The van der Waals surface area contributed by atoms with E-state index in [9.17, 15) is 0 Å². The van der Waals surface area contributed by atoms with Crippen molar-refractivity contribution in [2.75, 3.05) is 4.90 Å². The second kappa shape index (κ2) is 11.9. The number of fused-ring (bicyclic) bond motifs is 10. The molecule has 53 heavy (non-hydrogen) atoms. The Morgan fingerprint density at radius 2 is 1.04 bits per heavy atom. The largest absolute Gasteiger partial charge is 0.455 e. The third-order valence-electron chi connectivity index (χ3n) is 10.7. The molecule has 2 nitrogen and oxygen atoms in total. The molecule has 11 aromatic rings. The predicted octanol–water partition coefficient (Wildman–Crippen LogP) is 15.1. The molecule has 0 aliphatic rings. The van der Waals surface area contributed by atoms with E-state index in [1.807, 2.05) is 11.3 Å². The van der Waals surface area contributed by atoms with E-state index in [0.29, 0.717) is 0 Å². The van der Waals surface area contributed by atoms with Crippen LogP contribution >= 0.6 is 11.3 Å². The summed E-state index contributed by atoms with van der Waals surface area (Å²) in [5, 5.41) is 9.58. The van der Waals surface area contributed by atoms with Crippen molar-refractivity contribution < 1.29 is 4.42 Å². The molecule has 0 spiro atoms. The van der Waals surface area contributed by atoms with Crippen LogP contribution in [0.1, 0.15) is 0 Å². The van der Waals surface area contributed by atoms with Crippen LogP contribution in [0.4, 0.5) is 17.1 Å². The maximum Gasteiger partial charge on any atom is 0.145 e. The van der Waals surface area contributed by atoms with Gasteiger partial charge in [0.2, 0.25) is 0 Å². The highest BCUT2D eigenvalue weighted by atomic mass is 32.1. The van der Waals surface area contributed by atoms with Crippen molar-refractivity contribution in [2.24, 2.45) is 0 Å². The van der Waals surface area contributed by atoms with Crippen LogP contribution in [0.15, 0.2) is 192 Å². The van der Waals surface area contributed by atoms with Crippen LogP contribution in [0.2, 0.25) is 0 Å². The lowest BCUT2D eigenvalue weighted by Gasteiger charge is -2.27.